The van der Waals surface area contributed by atoms with E-state index in [-0.39, 0.29) is 0 Å². The average Bonchev–Trinajstić information content (AvgIpc) is 2.62. The minimum absolute atomic E-state index is 0.961. The van der Waals surface area contributed by atoms with Crippen molar-refractivity contribution in [2.75, 3.05) is 0 Å². The van der Waals surface area contributed by atoms with E-state index in [2.05, 4.69) is 23.2 Å². The molecule has 4 atom stereocenters. The molecule has 0 saturated heterocycles. The Labute approximate surface area is 78.8 Å². The van der Waals surface area contributed by atoms with Crippen molar-refractivity contribution in [3.63, 3.8) is 0 Å². The van der Waals surface area contributed by atoms with E-state index in [4.69, 9.17) is 0 Å². The highest BCUT2D eigenvalue weighted by molar-refractivity contribution is 8.03. The maximum atomic E-state index is 2.47. The minimum Gasteiger partial charge on any atom is -0.130 e. The summed E-state index contributed by atoms with van der Waals surface area (Å²) in [5.74, 6) is 3.15. The van der Waals surface area contributed by atoms with Crippen molar-refractivity contribution in [1.29, 1.82) is 0 Å². The number of rotatable bonds is 0. The van der Waals surface area contributed by atoms with Crippen LogP contribution in [0.1, 0.15) is 32.1 Å². The molecule has 0 N–H and O–H groups in total. The first-order valence-corrected chi connectivity index (χ1v) is 6.21. The van der Waals surface area contributed by atoms with Gasteiger partial charge in [-0.3, -0.25) is 0 Å². The van der Waals surface area contributed by atoms with Crippen LogP contribution in [-0.2, 0) is 0 Å². The second-order valence-corrected chi connectivity index (χ2v) is 5.63. The van der Waals surface area contributed by atoms with Crippen LogP contribution in [0.25, 0.3) is 0 Å². The Bertz CT molecular complexity index is 209. The summed E-state index contributed by atoms with van der Waals surface area (Å²) >= 11 is 2.12. The van der Waals surface area contributed by atoms with Crippen LogP contribution in [0.2, 0.25) is 0 Å². The van der Waals surface area contributed by atoms with Gasteiger partial charge in [-0.1, -0.05) is 25.3 Å². The lowest BCUT2D eigenvalue weighted by molar-refractivity contribution is 0.281. The van der Waals surface area contributed by atoms with Crippen molar-refractivity contribution in [2.45, 2.75) is 37.4 Å². The molecule has 0 nitrogen and oxygen atoms in total. The summed E-state index contributed by atoms with van der Waals surface area (Å²) in [5, 5.41) is 3.34. The molecule has 2 saturated carbocycles. The van der Waals surface area contributed by atoms with Gasteiger partial charge in [-0.2, -0.15) is 0 Å². The van der Waals surface area contributed by atoms with E-state index in [1.165, 1.54) is 32.1 Å². The highest BCUT2D eigenvalue weighted by atomic mass is 32.2. The summed E-state index contributed by atoms with van der Waals surface area (Å²) in [6.07, 6.45) is 10.1. The smallest absolute Gasteiger partial charge is 0.0182 e. The molecule has 0 amide bonds. The molecule has 12 heavy (non-hydrogen) atoms. The predicted octanol–water partition coefficient (Wildman–Crippen LogP) is 3.44. The summed E-state index contributed by atoms with van der Waals surface area (Å²) < 4.78 is 0. The molecule has 0 aromatic carbocycles. The monoisotopic (exact) mass is 180 g/mol. The van der Waals surface area contributed by atoms with Gasteiger partial charge in [0.1, 0.15) is 0 Å². The zero-order valence-electron chi connectivity index (χ0n) is 7.41. The standard InChI is InChI=1S/C11H16S/c1-2-4-10-8(3-1)7-9-5-6-12-11(9)10/h5-6,8-11H,1-4,7H2. The lowest BCUT2D eigenvalue weighted by Crippen LogP contribution is -2.20. The number of allylic oxidation sites excluding steroid dienone is 1. The lowest BCUT2D eigenvalue weighted by Gasteiger charge is -2.27. The Kier molecular flexibility index (Phi) is 1.75. The largest absolute Gasteiger partial charge is 0.130 e. The molecule has 3 aliphatic rings. The predicted molar refractivity (Wildman–Crippen MR) is 54.1 cm³/mol. The minimum atomic E-state index is 0.961. The van der Waals surface area contributed by atoms with Gasteiger partial charge in [0.2, 0.25) is 0 Å². The summed E-state index contributed by atoms with van der Waals surface area (Å²) in [4.78, 5) is 0. The molecular formula is C11H16S. The van der Waals surface area contributed by atoms with Gasteiger partial charge in [-0.15, -0.1) is 11.8 Å². The Morgan fingerprint density at radius 1 is 1.17 bits per heavy atom. The van der Waals surface area contributed by atoms with Gasteiger partial charge in [0.25, 0.3) is 0 Å². The van der Waals surface area contributed by atoms with Crippen molar-refractivity contribution in [2.24, 2.45) is 17.8 Å². The van der Waals surface area contributed by atoms with Crippen LogP contribution in [0, 0.1) is 17.8 Å². The van der Waals surface area contributed by atoms with Crippen LogP contribution in [0.15, 0.2) is 11.5 Å². The SMILES string of the molecule is C1=CC2CC3CCCCC3C2S1. The number of fused-ring (bicyclic) bond motifs is 3. The summed E-state index contributed by atoms with van der Waals surface area (Å²) in [6.45, 7) is 0. The normalized spacial score (nSPS) is 50.7. The molecule has 1 aliphatic heterocycles. The average molecular weight is 180 g/mol. The van der Waals surface area contributed by atoms with E-state index >= 15 is 0 Å². The van der Waals surface area contributed by atoms with Crippen LogP contribution in [0.5, 0.6) is 0 Å². The van der Waals surface area contributed by atoms with Gasteiger partial charge < -0.3 is 0 Å². The Morgan fingerprint density at radius 2 is 2.08 bits per heavy atom. The van der Waals surface area contributed by atoms with Gasteiger partial charge in [-0.25, -0.2) is 0 Å². The molecule has 2 aliphatic carbocycles. The molecule has 66 valence electrons. The Morgan fingerprint density at radius 3 is 3.08 bits per heavy atom. The van der Waals surface area contributed by atoms with E-state index in [1.54, 1.807) is 0 Å². The molecule has 0 spiro atoms. The van der Waals surface area contributed by atoms with Crippen molar-refractivity contribution >= 4 is 11.8 Å². The second-order valence-electron chi connectivity index (χ2n) is 4.54. The topological polar surface area (TPSA) is 0 Å². The summed E-state index contributed by atoms with van der Waals surface area (Å²) in [7, 11) is 0. The van der Waals surface area contributed by atoms with E-state index in [1.807, 2.05) is 0 Å². The van der Waals surface area contributed by atoms with Gasteiger partial charge in [-0.05, 0) is 36.0 Å². The van der Waals surface area contributed by atoms with E-state index in [0.29, 0.717) is 0 Å². The lowest BCUT2D eigenvalue weighted by atomic mass is 9.82. The zero-order valence-corrected chi connectivity index (χ0v) is 8.22. The van der Waals surface area contributed by atoms with Crippen LogP contribution in [0.3, 0.4) is 0 Å². The van der Waals surface area contributed by atoms with Crippen LogP contribution in [0.4, 0.5) is 0 Å². The number of hydrogen-bond acceptors (Lipinski definition) is 1. The molecule has 1 heteroatoms. The van der Waals surface area contributed by atoms with Gasteiger partial charge in [0.15, 0.2) is 0 Å². The van der Waals surface area contributed by atoms with Crippen LogP contribution in [-0.4, -0.2) is 5.25 Å². The highest BCUT2D eigenvalue weighted by Crippen LogP contribution is 2.53. The van der Waals surface area contributed by atoms with Gasteiger partial charge >= 0.3 is 0 Å². The molecular weight excluding hydrogens is 164 g/mol. The van der Waals surface area contributed by atoms with E-state index in [0.717, 1.165) is 23.0 Å². The second kappa shape index (κ2) is 2.80. The molecule has 0 bridgehead atoms. The maximum Gasteiger partial charge on any atom is 0.0182 e. The zero-order chi connectivity index (χ0) is 7.97. The molecule has 0 radical (unpaired) electrons. The highest BCUT2D eigenvalue weighted by Gasteiger charge is 2.44. The third kappa shape index (κ3) is 0.985. The van der Waals surface area contributed by atoms with Crippen molar-refractivity contribution in [3.8, 4) is 0 Å². The molecule has 4 unspecified atom stereocenters. The molecule has 3 rings (SSSR count). The Hall–Kier alpha value is 0.0900. The first-order chi connectivity index (χ1) is 5.95. The van der Waals surface area contributed by atoms with Crippen molar-refractivity contribution in [1.82, 2.24) is 0 Å². The fourth-order valence-corrected chi connectivity index (χ4v) is 4.83. The number of hydrogen-bond donors (Lipinski definition) is 0. The molecule has 2 fully saturated rings. The summed E-state index contributed by atoms with van der Waals surface area (Å²) in [6, 6.07) is 0. The number of thioether (sulfide) groups is 1. The van der Waals surface area contributed by atoms with Crippen molar-refractivity contribution < 1.29 is 0 Å². The fraction of sp³-hybridized carbons (Fsp3) is 0.818. The third-order valence-electron chi connectivity index (χ3n) is 3.95. The van der Waals surface area contributed by atoms with Crippen LogP contribution < -0.4 is 0 Å². The first-order valence-electron chi connectivity index (χ1n) is 5.27. The summed E-state index contributed by atoms with van der Waals surface area (Å²) in [5.41, 5.74) is 0. The quantitative estimate of drug-likeness (QED) is 0.550. The maximum absolute atomic E-state index is 2.47. The molecule has 0 aromatic heterocycles. The van der Waals surface area contributed by atoms with Crippen LogP contribution >= 0.6 is 11.8 Å². The molecule has 0 aromatic rings. The Balaban J connectivity index is 1.82. The van der Waals surface area contributed by atoms with E-state index < -0.39 is 0 Å². The first kappa shape index (κ1) is 7.49. The van der Waals surface area contributed by atoms with Gasteiger partial charge in [0, 0.05) is 5.25 Å². The van der Waals surface area contributed by atoms with Crippen molar-refractivity contribution in [3.05, 3.63) is 11.5 Å². The fourth-order valence-electron chi connectivity index (χ4n) is 3.39. The van der Waals surface area contributed by atoms with Gasteiger partial charge in [0.05, 0.1) is 0 Å². The third-order valence-corrected chi connectivity index (χ3v) is 5.28. The van der Waals surface area contributed by atoms with E-state index in [9.17, 15) is 0 Å². The molecule has 1 heterocycles.